The molecule has 0 spiro atoms. The molecule has 4 aliphatic rings. The lowest BCUT2D eigenvalue weighted by Gasteiger charge is -2.55. The van der Waals surface area contributed by atoms with Gasteiger partial charge in [0, 0.05) is 30.2 Å². The predicted octanol–water partition coefficient (Wildman–Crippen LogP) is 4.05. The lowest BCUT2D eigenvalue weighted by Crippen LogP contribution is -2.66. The van der Waals surface area contributed by atoms with Crippen LogP contribution < -0.4 is 15.4 Å². The summed E-state index contributed by atoms with van der Waals surface area (Å²) in [6, 6.07) is 4.82. The van der Waals surface area contributed by atoms with Gasteiger partial charge in [0.1, 0.15) is 11.6 Å². The molecule has 0 radical (unpaired) electrons. The molecule has 1 saturated heterocycles. The first-order chi connectivity index (χ1) is 17.6. The third-order valence-electron chi connectivity index (χ3n) is 9.12. The molecule has 3 aliphatic carbocycles. The van der Waals surface area contributed by atoms with Crippen molar-refractivity contribution in [2.75, 3.05) is 19.7 Å². The number of ether oxygens (including phenoxy) is 1. The highest BCUT2D eigenvalue weighted by Gasteiger charge is 2.58. The van der Waals surface area contributed by atoms with Crippen molar-refractivity contribution < 1.29 is 23.8 Å². The molecule has 4 atom stereocenters. The van der Waals surface area contributed by atoms with E-state index in [1.807, 2.05) is 0 Å². The molecule has 3 saturated carbocycles. The number of aliphatic hydroxyl groups is 1. The van der Waals surface area contributed by atoms with Crippen LogP contribution in [0.3, 0.4) is 0 Å². The highest BCUT2D eigenvalue weighted by molar-refractivity contribution is 6.30. The molecule has 1 aliphatic heterocycles. The molecular weight excluding hydrogens is 497 g/mol. The van der Waals surface area contributed by atoms with Gasteiger partial charge in [0.15, 0.2) is 6.61 Å². The first-order valence-corrected chi connectivity index (χ1v) is 14.1. The summed E-state index contributed by atoms with van der Waals surface area (Å²) in [5.74, 6) is -0.145. The van der Waals surface area contributed by atoms with E-state index in [1.54, 1.807) is 0 Å². The van der Waals surface area contributed by atoms with Crippen LogP contribution in [0, 0.1) is 17.2 Å². The highest BCUT2D eigenvalue weighted by Crippen LogP contribution is 2.52. The molecule has 3 N–H and O–H groups in total. The number of nitrogens with zero attached hydrogens (tertiary/aromatic N) is 1. The average molecular weight is 538 g/mol. The van der Waals surface area contributed by atoms with Gasteiger partial charge in [0.05, 0.1) is 16.5 Å². The molecule has 37 heavy (non-hydrogen) atoms. The Bertz CT molecular complexity index is 984. The van der Waals surface area contributed by atoms with E-state index in [4.69, 9.17) is 16.3 Å². The maximum Gasteiger partial charge on any atom is 0.258 e. The Balaban J connectivity index is 1.31. The Labute approximate surface area is 224 Å². The number of fused-ring (bicyclic) bond motifs is 3. The molecule has 7 nitrogen and oxygen atoms in total. The molecule has 1 aromatic carbocycles. The van der Waals surface area contributed by atoms with Crippen molar-refractivity contribution in [1.82, 2.24) is 15.5 Å². The monoisotopic (exact) mass is 537 g/mol. The van der Waals surface area contributed by atoms with Gasteiger partial charge in [-0.1, -0.05) is 25.4 Å². The molecule has 0 aromatic heterocycles. The lowest BCUT2D eigenvalue weighted by molar-refractivity contribution is -0.156. The summed E-state index contributed by atoms with van der Waals surface area (Å²) < 4.78 is 19.0. The summed E-state index contributed by atoms with van der Waals surface area (Å²) in [4.78, 5) is 28.6. The number of halogens is 2. The maximum absolute atomic E-state index is 13.6. The number of benzene rings is 1. The van der Waals surface area contributed by atoms with E-state index in [0.29, 0.717) is 56.7 Å². The number of likely N-dealkylation sites (tertiary alicyclic amines) is 1. The summed E-state index contributed by atoms with van der Waals surface area (Å²) in [6.07, 6.45) is 5.15. The number of hydrogen-bond acceptors (Lipinski definition) is 5. The summed E-state index contributed by atoms with van der Waals surface area (Å²) in [5.41, 5.74) is -1.36. The van der Waals surface area contributed by atoms with E-state index >= 15 is 0 Å². The standard InChI is InChI=1S/C28H41ClFN3O4/c1-4-19(3)33-12-7-18(2)13-20(33)16-31-26(36)28-10-8-27(9-11-28,15-24(28)34)32-25(35)17-37-21-5-6-22(29)23(30)14-21/h5-6,14,18-20,24,34H,4,7-13,15-17H2,1-3H3,(H,31,36)(H,32,35). The van der Waals surface area contributed by atoms with Crippen molar-refractivity contribution in [3.8, 4) is 5.75 Å². The molecule has 206 valence electrons. The molecule has 9 heteroatoms. The maximum atomic E-state index is 13.6. The topological polar surface area (TPSA) is 90.9 Å². The molecule has 1 aromatic rings. The first kappa shape index (κ1) is 28.1. The van der Waals surface area contributed by atoms with Gasteiger partial charge >= 0.3 is 0 Å². The normalized spacial score (nSPS) is 32.5. The molecule has 5 rings (SSSR count). The fraction of sp³-hybridized carbons (Fsp3) is 0.714. The van der Waals surface area contributed by atoms with Crippen molar-refractivity contribution in [2.45, 2.75) is 95.9 Å². The second-order valence-corrected chi connectivity index (χ2v) is 12.0. The Kier molecular flexibility index (Phi) is 8.71. The van der Waals surface area contributed by atoms with Crippen LogP contribution in [0.4, 0.5) is 4.39 Å². The molecule has 4 fully saturated rings. The quantitative estimate of drug-likeness (QED) is 0.442. The lowest BCUT2D eigenvalue weighted by atomic mass is 9.55. The summed E-state index contributed by atoms with van der Waals surface area (Å²) in [7, 11) is 0. The minimum atomic E-state index is -0.822. The Morgan fingerprint density at radius 1 is 1.30 bits per heavy atom. The van der Waals surface area contributed by atoms with Crippen LogP contribution in [-0.2, 0) is 9.59 Å². The van der Waals surface area contributed by atoms with E-state index in [-0.39, 0.29) is 29.2 Å². The minimum absolute atomic E-state index is 0.0113. The van der Waals surface area contributed by atoms with Gasteiger partial charge < -0.3 is 20.5 Å². The summed E-state index contributed by atoms with van der Waals surface area (Å²) in [6.45, 7) is 8.13. The van der Waals surface area contributed by atoms with E-state index in [9.17, 15) is 19.1 Å². The highest BCUT2D eigenvalue weighted by atomic mass is 35.5. The molecule has 2 amide bonds. The van der Waals surface area contributed by atoms with Crippen LogP contribution in [-0.4, -0.2) is 65.2 Å². The first-order valence-electron chi connectivity index (χ1n) is 13.7. The predicted molar refractivity (Wildman–Crippen MR) is 141 cm³/mol. The van der Waals surface area contributed by atoms with Crippen LogP contribution in [0.25, 0.3) is 0 Å². The van der Waals surface area contributed by atoms with Gasteiger partial charge in [-0.25, -0.2) is 4.39 Å². The number of piperidine rings is 1. The number of hydrogen-bond donors (Lipinski definition) is 3. The van der Waals surface area contributed by atoms with Crippen LogP contribution >= 0.6 is 11.6 Å². The van der Waals surface area contributed by atoms with Crippen molar-refractivity contribution in [3.05, 3.63) is 29.0 Å². The van der Waals surface area contributed by atoms with Crippen molar-refractivity contribution >= 4 is 23.4 Å². The minimum Gasteiger partial charge on any atom is -0.484 e. The second-order valence-electron chi connectivity index (χ2n) is 11.6. The zero-order chi connectivity index (χ0) is 26.8. The number of amides is 2. The van der Waals surface area contributed by atoms with Gasteiger partial charge in [-0.3, -0.25) is 14.5 Å². The van der Waals surface area contributed by atoms with Gasteiger partial charge in [-0.15, -0.1) is 0 Å². The number of carbonyl (C=O) groups excluding carboxylic acids is 2. The fourth-order valence-electron chi connectivity index (χ4n) is 6.55. The SMILES string of the molecule is CCC(C)N1CCC(C)CC1CNC(=O)C12CCC(NC(=O)COc3ccc(Cl)c(F)c3)(CC1)CC2O. The van der Waals surface area contributed by atoms with Crippen LogP contribution in [0.5, 0.6) is 5.75 Å². The third-order valence-corrected chi connectivity index (χ3v) is 9.42. The molecule has 4 unspecified atom stereocenters. The fourth-order valence-corrected chi connectivity index (χ4v) is 6.67. The number of rotatable bonds is 9. The second kappa shape index (κ2) is 11.5. The van der Waals surface area contributed by atoms with Gasteiger partial charge in [-0.2, -0.15) is 0 Å². The van der Waals surface area contributed by atoms with Crippen molar-refractivity contribution in [1.29, 1.82) is 0 Å². The summed E-state index contributed by atoms with van der Waals surface area (Å²) >= 11 is 5.69. The van der Waals surface area contributed by atoms with Crippen LogP contribution in [0.2, 0.25) is 5.02 Å². The number of carbonyl (C=O) groups is 2. The Hall–Kier alpha value is -1.90. The zero-order valence-electron chi connectivity index (χ0n) is 22.2. The number of aliphatic hydroxyl groups excluding tert-OH is 1. The van der Waals surface area contributed by atoms with E-state index < -0.39 is 22.9 Å². The zero-order valence-corrected chi connectivity index (χ0v) is 23.0. The molecule has 2 bridgehead atoms. The van der Waals surface area contributed by atoms with Crippen molar-refractivity contribution in [3.63, 3.8) is 0 Å². The van der Waals surface area contributed by atoms with E-state index in [0.717, 1.165) is 25.5 Å². The Morgan fingerprint density at radius 2 is 2.03 bits per heavy atom. The Morgan fingerprint density at radius 3 is 2.68 bits per heavy atom. The van der Waals surface area contributed by atoms with Crippen LogP contribution in [0.1, 0.15) is 72.1 Å². The smallest absolute Gasteiger partial charge is 0.258 e. The largest absolute Gasteiger partial charge is 0.484 e. The van der Waals surface area contributed by atoms with Gasteiger partial charge in [-0.05, 0) is 82.9 Å². The third kappa shape index (κ3) is 6.07. The van der Waals surface area contributed by atoms with E-state index in [1.165, 1.54) is 18.6 Å². The number of nitrogens with one attached hydrogen (secondary N) is 2. The van der Waals surface area contributed by atoms with Gasteiger partial charge in [0.25, 0.3) is 5.91 Å². The molecule has 1 heterocycles. The van der Waals surface area contributed by atoms with Gasteiger partial charge in [0.2, 0.25) is 5.91 Å². The molecular formula is C28H41ClFN3O4. The van der Waals surface area contributed by atoms with Crippen molar-refractivity contribution in [2.24, 2.45) is 11.3 Å². The summed E-state index contributed by atoms with van der Waals surface area (Å²) in [5, 5.41) is 17.3. The van der Waals surface area contributed by atoms with E-state index in [2.05, 4.69) is 36.3 Å². The average Bonchev–Trinajstić information content (AvgIpc) is 2.88. The van der Waals surface area contributed by atoms with Crippen LogP contribution in [0.15, 0.2) is 18.2 Å².